The lowest BCUT2D eigenvalue weighted by atomic mass is 9.79. The van der Waals surface area contributed by atoms with Crippen LogP contribution < -0.4 is 10.6 Å². The Kier molecular flexibility index (Phi) is 4.20. The zero-order valence-electron chi connectivity index (χ0n) is 15.9. The lowest BCUT2D eigenvalue weighted by Gasteiger charge is -2.20. The molecule has 1 aliphatic heterocycles. The Morgan fingerprint density at radius 3 is 2.97 bits per heavy atom. The number of nitrogens with zero attached hydrogens (tertiary/aromatic N) is 2. The number of pyridine rings is 2. The predicted octanol–water partition coefficient (Wildman–Crippen LogP) is 2.89. The molecular weight excluding hydrogens is 384 g/mol. The van der Waals surface area contributed by atoms with Gasteiger partial charge in [0.2, 0.25) is 5.91 Å². The van der Waals surface area contributed by atoms with Crippen molar-refractivity contribution >= 4 is 29.0 Å². The van der Waals surface area contributed by atoms with Gasteiger partial charge in [0.1, 0.15) is 11.5 Å². The van der Waals surface area contributed by atoms with E-state index in [4.69, 9.17) is 0 Å². The highest BCUT2D eigenvalue weighted by Gasteiger charge is 2.51. The van der Waals surface area contributed by atoms with Crippen LogP contribution in [0.3, 0.4) is 0 Å². The van der Waals surface area contributed by atoms with Crippen LogP contribution in [0.5, 0.6) is 0 Å². The summed E-state index contributed by atoms with van der Waals surface area (Å²) < 4.78 is 0. The van der Waals surface area contributed by atoms with Crippen molar-refractivity contribution in [1.82, 2.24) is 15.3 Å². The molecule has 5 rings (SSSR count). The van der Waals surface area contributed by atoms with Gasteiger partial charge in [0.05, 0.1) is 5.41 Å². The van der Waals surface area contributed by atoms with E-state index < -0.39 is 5.41 Å². The van der Waals surface area contributed by atoms with E-state index in [9.17, 15) is 9.59 Å². The van der Waals surface area contributed by atoms with Crippen LogP contribution in [0.15, 0.2) is 48.1 Å². The topological polar surface area (TPSA) is 84.0 Å². The van der Waals surface area contributed by atoms with Gasteiger partial charge in [-0.2, -0.15) is 0 Å². The van der Waals surface area contributed by atoms with E-state index in [2.05, 4.69) is 26.7 Å². The second kappa shape index (κ2) is 6.77. The molecule has 2 amide bonds. The van der Waals surface area contributed by atoms with Crippen LogP contribution in [-0.4, -0.2) is 27.8 Å². The average Bonchev–Trinajstić information content (AvgIpc) is 3.40. The Hall–Kier alpha value is -3.06. The lowest BCUT2D eigenvalue weighted by molar-refractivity contribution is -0.120. The monoisotopic (exact) mass is 404 g/mol. The van der Waals surface area contributed by atoms with E-state index in [1.165, 1.54) is 4.88 Å². The van der Waals surface area contributed by atoms with Crippen LogP contribution in [0.2, 0.25) is 0 Å². The summed E-state index contributed by atoms with van der Waals surface area (Å²) in [7, 11) is 0. The van der Waals surface area contributed by atoms with Crippen LogP contribution in [0.25, 0.3) is 0 Å². The molecule has 3 aromatic heterocycles. The average molecular weight is 404 g/mol. The van der Waals surface area contributed by atoms with Gasteiger partial charge in [-0.15, -0.1) is 11.3 Å². The molecule has 2 atom stereocenters. The molecule has 0 saturated heterocycles. The van der Waals surface area contributed by atoms with Crippen LogP contribution in [0.1, 0.15) is 39.0 Å². The zero-order valence-corrected chi connectivity index (χ0v) is 16.8. The van der Waals surface area contributed by atoms with E-state index >= 15 is 0 Å². The summed E-state index contributed by atoms with van der Waals surface area (Å²) in [5.41, 5.74) is 2.69. The number of amides is 2. The number of carbonyl (C=O) groups is 2. The fraction of sp³-hybridized carbons (Fsp3) is 0.273. The van der Waals surface area contributed by atoms with Gasteiger partial charge in [-0.3, -0.25) is 14.6 Å². The van der Waals surface area contributed by atoms with E-state index in [1.54, 1.807) is 23.7 Å². The lowest BCUT2D eigenvalue weighted by Crippen LogP contribution is -2.35. The van der Waals surface area contributed by atoms with E-state index in [0.29, 0.717) is 24.4 Å². The first kappa shape index (κ1) is 18.0. The highest BCUT2D eigenvalue weighted by Crippen LogP contribution is 2.46. The largest absolute Gasteiger partial charge is 0.348 e. The summed E-state index contributed by atoms with van der Waals surface area (Å²) in [6, 6.07) is 9.74. The van der Waals surface area contributed by atoms with Crippen LogP contribution in [0, 0.1) is 0 Å². The minimum atomic E-state index is -0.644. The molecule has 2 unspecified atom stereocenters. The van der Waals surface area contributed by atoms with Crippen molar-refractivity contribution in [3.63, 3.8) is 0 Å². The first-order valence-electron chi connectivity index (χ1n) is 9.63. The molecule has 146 valence electrons. The summed E-state index contributed by atoms with van der Waals surface area (Å²) >= 11 is 1.69. The van der Waals surface area contributed by atoms with Crippen molar-refractivity contribution in [3.05, 3.63) is 75.4 Å². The third-order valence-corrected chi connectivity index (χ3v) is 6.65. The molecule has 1 aliphatic carbocycles. The highest BCUT2D eigenvalue weighted by molar-refractivity contribution is 7.09. The minimum absolute atomic E-state index is 0.0149. The van der Waals surface area contributed by atoms with E-state index in [1.807, 2.05) is 36.6 Å². The molecule has 29 heavy (non-hydrogen) atoms. The Bertz CT molecular complexity index is 1110. The molecule has 2 aliphatic rings. The number of rotatable bonds is 4. The van der Waals surface area contributed by atoms with Gasteiger partial charge >= 0.3 is 0 Å². The highest BCUT2D eigenvalue weighted by atomic mass is 32.1. The summed E-state index contributed by atoms with van der Waals surface area (Å²) in [6.07, 6.45) is 5.35. The molecular formula is C22H20N4O2S. The third kappa shape index (κ3) is 3.02. The van der Waals surface area contributed by atoms with Gasteiger partial charge in [-0.1, -0.05) is 12.1 Å². The molecule has 3 aromatic rings. The van der Waals surface area contributed by atoms with Gasteiger partial charge in [0.25, 0.3) is 5.91 Å². The van der Waals surface area contributed by atoms with Crippen molar-refractivity contribution < 1.29 is 9.59 Å². The van der Waals surface area contributed by atoms with Crippen molar-refractivity contribution in [2.75, 3.05) is 5.32 Å². The van der Waals surface area contributed by atoms with Crippen molar-refractivity contribution in [3.8, 4) is 0 Å². The number of carbonyl (C=O) groups excluding carboxylic acids is 2. The molecule has 6 nitrogen and oxygen atoms in total. The number of aromatic nitrogens is 2. The first-order chi connectivity index (χ1) is 14.0. The number of anilines is 1. The molecule has 0 fully saturated rings. The van der Waals surface area contributed by atoms with Crippen LogP contribution in [-0.2, 0) is 29.5 Å². The van der Waals surface area contributed by atoms with Gasteiger partial charge in [-0.25, -0.2) is 4.98 Å². The van der Waals surface area contributed by atoms with E-state index in [0.717, 1.165) is 23.1 Å². The number of nitrogens with one attached hydrogen (secondary N) is 2. The molecule has 2 N–H and O–H groups in total. The molecule has 7 heteroatoms. The maximum absolute atomic E-state index is 12.8. The maximum Gasteiger partial charge on any atom is 0.270 e. The van der Waals surface area contributed by atoms with Gasteiger partial charge < -0.3 is 10.6 Å². The summed E-state index contributed by atoms with van der Waals surface area (Å²) in [6.45, 7) is 1.99. The van der Waals surface area contributed by atoms with Crippen LogP contribution >= 0.6 is 11.3 Å². The number of fused-ring (bicyclic) bond motifs is 3. The van der Waals surface area contributed by atoms with Gasteiger partial charge in [0.15, 0.2) is 0 Å². The molecule has 4 heterocycles. The quantitative estimate of drug-likeness (QED) is 0.700. The Morgan fingerprint density at radius 1 is 1.28 bits per heavy atom. The zero-order chi connectivity index (χ0) is 20.0. The Morgan fingerprint density at radius 2 is 2.14 bits per heavy atom. The molecule has 0 aromatic carbocycles. The van der Waals surface area contributed by atoms with Crippen molar-refractivity contribution in [2.45, 2.75) is 37.6 Å². The first-order valence-corrected chi connectivity index (χ1v) is 10.5. The van der Waals surface area contributed by atoms with Gasteiger partial charge in [-0.05, 0) is 54.5 Å². The maximum atomic E-state index is 12.8. The second-order valence-electron chi connectivity index (χ2n) is 7.79. The molecule has 0 bridgehead atoms. The fourth-order valence-electron chi connectivity index (χ4n) is 4.36. The van der Waals surface area contributed by atoms with Crippen molar-refractivity contribution in [2.24, 2.45) is 0 Å². The summed E-state index contributed by atoms with van der Waals surface area (Å²) in [4.78, 5) is 35.4. The molecule has 0 saturated carbocycles. The third-order valence-electron chi connectivity index (χ3n) is 5.75. The van der Waals surface area contributed by atoms with Crippen molar-refractivity contribution in [1.29, 1.82) is 0 Å². The Labute approximate surface area is 172 Å². The number of thiophene rings is 1. The molecule has 1 spiro atoms. The van der Waals surface area contributed by atoms with E-state index in [-0.39, 0.29) is 17.9 Å². The predicted molar refractivity (Wildman–Crippen MR) is 111 cm³/mol. The SMILES string of the molecule is CC(Cc1cccs1)NC(=O)c1cc2c(cn1)CC1(C2)C(=O)Nc2ncccc21. The number of hydrogen-bond acceptors (Lipinski definition) is 5. The second-order valence-corrected chi connectivity index (χ2v) is 8.82. The summed E-state index contributed by atoms with van der Waals surface area (Å²) in [5.74, 6) is 0.423. The standard InChI is InChI=1S/C22H20N4O2S/c1-13(8-16-4-3-7-29-16)25-20(27)18-9-14-10-22(11-15(14)12-24-18)17-5-2-6-23-19(17)26-21(22)28/h2-7,9,12-13H,8,10-11H2,1H3,(H,25,27)(H,23,26,28). The normalized spacial score (nSPS) is 20.2. The smallest absolute Gasteiger partial charge is 0.270 e. The Balaban J connectivity index is 1.36. The van der Waals surface area contributed by atoms with Crippen LogP contribution in [0.4, 0.5) is 5.82 Å². The van der Waals surface area contributed by atoms with Gasteiger partial charge in [0, 0.05) is 35.3 Å². The minimum Gasteiger partial charge on any atom is -0.348 e. The molecule has 0 radical (unpaired) electrons. The fourth-order valence-corrected chi connectivity index (χ4v) is 5.19. The number of hydrogen-bond donors (Lipinski definition) is 2. The summed E-state index contributed by atoms with van der Waals surface area (Å²) in [5, 5.41) is 7.96.